The van der Waals surface area contributed by atoms with Gasteiger partial charge in [-0.1, -0.05) is 36.4 Å². The number of imidazole rings is 1. The van der Waals surface area contributed by atoms with E-state index in [-0.39, 0.29) is 17.9 Å². The SMILES string of the molecule is NCC1CCC(C(=O)N[C@@H](Cc2ccccn2)c2ncc(-c3ccccc3)[nH]2)CC1. The normalized spacial score (nSPS) is 19.9. The predicted molar refractivity (Wildman–Crippen MR) is 117 cm³/mol. The molecule has 30 heavy (non-hydrogen) atoms. The second-order valence-electron chi connectivity index (χ2n) is 8.09. The lowest BCUT2D eigenvalue weighted by Crippen LogP contribution is -2.37. The average molecular weight is 404 g/mol. The molecule has 0 unspecified atom stereocenters. The van der Waals surface area contributed by atoms with Crippen molar-refractivity contribution in [2.45, 2.75) is 38.1 Å². The lowest BCUT2D eigenvalue weighted by molar-refractivity contribution is -0.127. The van der Waals surface area contributed by atoms with E-state index in [1.807, 2.05) is 54.7 Å². The number of carbonyl (C=O) groups is 1. The Hall–Kier alpha value is -2.99. The third kappa shape index (κ3) is 4.94. The molecule has 1 aliphatic carbocycles. The van der Waals surface area contributed by atoms with Gasteiger partial charge in [0.1, 0.15) is 5.82 Å². The molecule has 1 saturated carbocycles. The van der Waals surface area contributed by atoms with Crippen LogP contribution in [0.3, 0.4) is 0 Å². The van der Waals surface area contributed by atoms with Crippen molar-refractivity contribution in [3.05, 3.63) is 72.4 Å². The second-order valence-corrected chi connectivity index (χ2v) is 8.09. The van der Waals surface area contributed by atoms with Crippen LogP contribution in [0.15, 0.2) is 60.9 Å². The first-order chi connectivity index (χ1) is 14.7. The number of nitrogens with two attached hydrogens (primary N) is 1. The average Bonchev–Trinajstić information content (AvgIpc) is 3.30. The molecule has 0 aliphatic heterocycles. The Balaban J connectivity index is 1.51. The van der Waals surface area contributed by atoms with E-state index in [2.05, 4.69) is 20.3 Å². The first kappa shape index (κ1) is 20.3. The van der Waals surface area contributed by atoms with Crippen molar-refractivity contribution in [3.8, 4) is 11.3 Å². The van der Waals surface area contributed by atoms with Crippen molar-refractivity contribution >= 4 is 5.91 Å². The zero-order chi connectivity index (χ0) is 20.8. The fourth-order valence-corrected chi connectivity index (χ4v) is 4.17. The molecule has 1 aliphatic rings. The van der Waals surface area contributed by atoms with Crippen LogP contribution in [0.5, 0.6) is 0 Å². The summed E-state index contributed by atoms with van der Waals surface area (Å²) in [7, 11) is 0. The van der Waals surface area contributed by atoms with Gasteiger partial charge in [0, 0.05) is 24.2 Å². The fraction of sp³-hybridized carbons (Fsp3) is 0.375. The van der Waals surface area contributed by atoms with Crippen molar-refractivity contribution in [2.75, 3.05) is 6.54 Å². The molecule has 6 heteroatoms. The molecule has 156 valence electrons. The number of hydrogen-bond acceptors (Lipinski definition) is 4. The number of rotatable bonds is 7. The van der Waals surface area contributed by atoms with E-state index in [9.17, 15) is 4.79 Å². The first-order valence-electron chi connectivity index (χ1n) is 10.7. The van der Waals surface area contributed by atoms with Crippen LogP contribution in [0.25, 0.3) is 11.3 Å². The van der Waals surface area contributed by atoms with Gasteiger partial charge in [-0.05, 0) is 55.8 Å². The zero-order valence-corrected chi connectivity index (χ0v) is 17.1. The maximum atomic E-state index is 13.0. The number of benzene rings is 1. The van der Waals surface area contributed by atoms with Crippen LogP contribution < -0.4 is 11.1 Å². The number of H-pyrrole nitrogens is 1. The van der Waals surface area contributed by atoms with Crippen LogP contribution in [0.1, 0.15) is 43.2 Å². The lowest BCUT2D eigenvalue weighted by Gasteiger charge is -2.28. The third-order valence-electron chi connectivity index (χ3n) is 6.02. The van der Waals surface area contributed by atoms with E-state index in [4.69, 9.17) is 5.73 Å². The van der Waals surface area contributed by atoms with Crippen LogP contribution >= 0.6 is 0 Å². The lowest BCUT2D eigenvalue weighted by atomic mass is 9.81. The maximum absolute atomic E-state index is 13.0. The summed E-state index contributed by atoms with van der Waals surface area (Å²) < 4.78 is 0. The van der Waals surface area contributed by atoms with Gasteiger partial charge in [-0.2, -0.15) is 0 Å². The summed E-state index contributed by atoms with van der Waals surface area (Å²) in [5.74, 6) is 1.45. The summed E-state index contributed by atoms with van der Waals surface area (Å²) in [4.78, 5) is 25.5. The number of nitrogens with one attached hydrogen (secondary N) is 2. The Bertz CT molecular complexity index is 932. The molecule has 2 heterocycles. The van der Waals surface area contributed by atoms with Gasteiger partial charge >= 0.3 is 0 Å². The minimum atomic E-state index is -0.253. The predicted octanol–water partition coefficient (Wildman–Crippen LogP) is 3.64. The Morgan fingerprint density at radius 1 is 1.07 bits per heavy atom. The van der Waals surface area contributed by atoms with Gasteiger partial charge in [-0.25, -0.2) is 4.98 Å². The number of nitrogens with zero attached hydrogens (tertiary/aromatic N) is 2. The van der Waals surface area contributed by atoms with Crippen LogP contribution in [0.4, 0.5) is 0 Å². The summed E-state index contributed by atoms with van der Waals surface area (Å²) in [6.45, 7) is 0.714. The highest BCUT2D eigenvalue weighted by atomic mass is 16.1. The van der Waals surface area contributed by atoms with Crippen molar-refractivity contribution in [3.63, 3.8) is 0 Å². The van der Waals surface area contributed by atoms with Crippen LogP contribution in [0, 0.1) is 11.8 Å². The van der Waals surface area contributed by atoms with Crippen molar-refractivity contribution in [1.82, 2.24) is 20.3 Å². The van der Waals surface area contributed by atoms with Crippen molar-refractivity contribution in [2.24, 2.45) is 17.6 Å². The van der Waals surface area contributed by atoms with E-state index < -0.39 is 0 Å². The smallest absolute Gasteiger partial charge is 0.223 e. The Morgan fingerprint density at radius 3 is 2.53 bits per heavy atom. The van der Waals surface area contributed by atoms with Crippen LogP contribution in [0.2, 0.25) is 0 Å². The van der Waals surface area contributed by atoms with Gasteiger partial charge in [0.2, 0.25) is 5.91 Å². The molecule has 1 aromatic carbocycles. The van der Waals surface area contributed by atoms with E-state index >= 15 is 0 Å². The van der Waals surface area contributed by atoms with Gasteiger partial charge in [-0.15, -0.1) is 0 Å². The van der Waals surface area contributed by atoms with Crippen molar-refractivity contribution < 1.29 is 4.79 Å². The largest absolute Gasteiger partial charge is 0.346 e. The number of hydrogen-bond donors (Lipinski definition) is 3. The molecule has 4 rings (SSSR count). The molecule has 0 bridgehead atoms. The van der Waals surface area contributed by atoms with E-state index in [0.29, 0.717) is 18.9 Å². The van der Waals surface area contributed by atoms with Crippen LogP contribution in [-0.2, 0) is 11.2 Å². The molecule has 0 radical (unpaired) electrons. The van der Waals surface area contributed by atoms with E-state index in [1.165, 1.54) is 0 Å². The Kier molecular flexibility index (Phi) is 6.54. The summed E-state index contributed by atoms with van der Waals surface area (Å²) >= 11 is 0. The minimum Gasteiger partial charge on any atom is -0.346 e. The maximum Gasteiger partial charge on any atom is 0.223 e. The van der Waals surface area contributed by atoms with Gasteiger partial charge < -0.3 is 16.0 Å². The summed E-state index contributed by atoms with van der Waals surface area (Å²) in [6.07, 6.45) is 8.05. The monoisotopic (exact) mass is 403 g/mol. The number of pyridine rings is 1. The topological polar surface area (TPSA) is 96.7 Å². The molecule has 4 N–H and O–H groups in total. The Morgan fingerprint density at radius 2 is 1.83 bits per heavy atom. The highest BCUT2D eigenvalue weighted by molar-refractivity contribution is 5.79. The molecule has 1 amide bonds. The summed E-state index contributed by atoms with van der Waals surface area (Å²) in [5.41, 5.74) is 8.73. The van der Waals surface area contributed by atoms with Gasteiger partial charge in [0.15, 0.2) is 0 Å². The number of carbonyl (C=O) groups excluding carboxylic acids is 1. The quantitative estimate of drug-likeness (QED) is 0.561. The summed E-state index contributed by atoms with van der Waals surface area (Å²) in [5, 5.41) is 3.25. The highest BCUT2D eigenvalue weighted by Crippen LogP contribution is 2.29. The first-order valence-corrected chi connectivity index (χ1v) is 10.7. The Labute approximate surface area is 177 Å². The summed E-state index contributed by atoms with van der Waals surface area (Å²) in [6, 6.07) is 15.7. The van der Waals surface area contributed by atoms with Crippen molar-refractivity contribution in [1.29, 1.82) is 0 Å². The molecular weight excluding hydrogens is 374 g/mol. The van der Waals surface area contributed by atoms with E-state index in [0.717, 1.165) is 48.5 Å². The molecule has 2 aromatic heterocycles. The third-order valence-corrected chi connectivity index (χ3v) is 6.02. The molecular formula is C24H29N5O. The highest BCUT2D eigenvalue weighted by Gasteiger charge is 2.28. The van der Waals surface area contributed by atoms with Gasteiger partial charge in [0.25, 0.3) is 0 Å². The molecule has 6 nitrogen and oxygen atoms in total. The molecule has 1 fully saturated rings. The van der Waals surface area contributed by atoms with Gasteiger partial charge in [0.05, 0.1) is 17.9 Å². The molecule has 1 atom stereocenters. The van der Waals surface area contributed by atoms with Gasteiger partial charge in [-0.3, -0.25) is 9.78 Å². The fourth-order valence-electron chi connectivity index (χ4n) is 4.17. The molecule has 3 aromatic rings. The minimum absolute atomic E-state index is 0.0441. The number of aromatic nitrogens is 3. The molecule has 0 saturated heterocycles. The second kappa shape index (κ2) is 9.67. The number of amides is 1. The van der Waals surface area contributed by atoms with Crippen LogP contribution in [-0.4, -0.2) is 27.4 Å². The van der Waals surface area contributed by atoms with E-state index in [1.54, 1.807) is 6.20 Å². The number of aromatic amines is 1. The standard InChI is InChI=1S/C24H29N5O/c25-15-17-9-11-19(12-10-17)24(30)29-21(14-20-8-4-5-13-26-20)23-27-16-22(28-23)18-6-2-1-3-7-18/h1-8,13,16-17,19,21H,9-12,14-15,25H2,(H,27,28)(H,29,30)/t17?,19?,21-/m0/s1. The molecule has 0 spiro atoms. The zero-order valence-electron chi connectivity index (χ0n) is 17.1.